The molecule has 2 atom stereocenters. The highest BCUT2D eigenvalue weighted by Crippen LogP contribution is 2.42. The number of hydrogen-bond donors (Lipinski definition) is 0. The topological polar surface area (TPSA) is 56.5 Å². The van der Waals surface area contributed by atoms with Crippen LogP contribution in [-0.2, 0) is 4.79 Å². The van der Waals surface area contributed by atoms with Crippen molar-refractivity contribution in [3.8, 4) is 5.75 Å². The molecule has 1 aliphatic carbocycles. The first-order chi connectivity index (χ1) is 7.66. The largest absolute Gasteiger partial charge is 0.481 e. The Balaban J connectivity index is 2.14. The summed E-state index contributed by atoms with van der Waals surface area (Å²) in [6.07, 6.45) is 1.76. The molecule has 84 valence electrons. The Labute approximate surface area is 92.2 Å². The number of carbonyl (C=O) groups excluding carboxylic acids is 1. The van der Waals surface area contributed by atoms with Gasteiger partial charge in [-0.25, -0.2) is 4.79 Å². The Morgan fingerprint density at radius 1 is 1.38 bits per heavy atom. The van der Waals surface area contributed by atoms with E-state index in [0.29, 0.717) is 23.5 Å². The SMILES string of the molecule is Cc1cc2c(c(=O)o1)[C@H]1CCCC(=O)[C@@H]1O2. The summed E-state index contributed by atoms with van der Waals surface area (Å²) in [5.41, 5.74) is 0.209. The molecule has 0 aromatic carbocycles. The van der Waals surface area contributed by atoms with Crippen LogP contribution in [0.4, 0.5) is 0 Å². The molecule has 2 aliphatic rings. The molecule has 4 heteroatoms. The van der Waals surface area contributed by atoms with E-state index in [0.717, 1.165) is 12.8 Å². The van der Waals surface area contributed by atoms with Gasteiger partial charge in [0, 0.05) is 18.4 Å². The van der Waals surface area contributed by atoms with E-state index in [9.17, 15) is 9.59 Å². The van der Waals surface area contributed by atoms with Gasteiger partial charge in [-0.05, 0) is 19.8 Å². The number of aryl methyl sites for hydroxylation is 1. The standard InChI is InChI=1S/C12H12O4/c1-6-5-9-10(12(14)15-6)7-3-2-4-8(13)11(7)16-9/h5,7,11H,2-4H2,1H3/t7-,11-/m1/s1. The second-order valence-corrected chi connectivity index (χ2v) is 4.43. The maximum atomic E-state index is 11.7. The van der Waals surface area contributed by atoms with Crippen LogP contribution >= 0.6 is 0 Å². The molecule has 1 fully saturated rings. The highest BCUT2D eigenvalue weighted by molar-refractivity contribution is 5.86. The van der Waals surface area contributed by atoms with Crippen LogP contribution in [0.5, 0.6) is 5.75 Å². The Bertz CT molecular complexity index is 514. The third-order valence-corrected chi connectivity index (χ3v) is 3.32. The summed E-state index contributed by atoms with van der Waals surface area (Å²) in [4.78, 5) is 23.4. The number of hydrogen-bond acceptors (Lipinski definition) is 4. The van der Waals surface area contributed by atoms with E-state index >= 15 is 0 Å². The van der Waals surface area contributed by atoms with E-state index < -0.39 is 6.10 Å². The lowest BCUT2D eigenvalue weighted by molar-refractivity contribution is -0.127. The molecular weight excluding hydrogens is 208 g/mol. The first-order valence-electron chi connectivity index (χ1n) is 5.51. The van der Waals surface area contributed by atoms with Crippen LogP contribution in [0.1, 0.15) is 36.5 Å². The van der Waals surface area contributed by atoms with Gasteiger partial charge in [0.1, 0.15) is 11.5 Å². The van der Waals surface area contributed by atoms with Crippen LogP contribution in [0.25, 0.3) is 0 Å². The molecule has 0 N–H and O–H groups in total. The molecule has 1 aliphatic heterocycles. The minimum Gasteiger partial charge on any atom is -0.481 e. The molecule has 3 rings (SSSR count). The van der Waals surface area contributed by atoms with Gasteiger partial charge in [-0.15, -0.1) is 0 Å². The van der Waals surface area contributed by atoms with Crippen LogP contribution in [-0.4, -0.2) is 11.9 Å². The molecule has 0 saturated heterocycles. The van der Waals surface area contributed by atoms with Crippen molar-refractivity contribution in [2.24, 2.45) is 0 Å². The maximum Gasteiger partial charge on any atom is 0.343 e. The molecule has 2 heterocycles. The second kappa shape index (κ2) is 3.20. The van der Waals surface area contributed by atoms with E-state index in [1.807, 2.05) is 0 Å². The predicted octanol–water partition coefficient (Wildman–Crippen LogP) is 1.55. The van der Waals surface area contributed by atoms with Gasteiger partial charge in [0.25, 0.3) is 0 Å². The van der Waals surface area contributed by atoms with Crippen molar-refractivity contribution in [3.63, 3.8) is 0 Å². The fourth-order valence-electron chi connectivity index (χ4n) is 2.62. The Hall–Kier alpha value is -1.58. The normalized spacial score (nSPS) is 27.2. The van der Waals surface area contributed by atoms with Crippen molar-refractivity contribution in [3.05, 3.63) is 27.8 Å². The van der Waals surface area contributed by atoms with E-state index in [-0.39, 0.29) is 17.3 Å². The van der Waals surface area contributed by atoms with E-state index in [2.05, 4.69) is 0 Å². The summed E-state index contributed by atoms with van der Waals surface area (Å²) in [7, 11) is 0. The van der Waals surface area contributed by atoms with Crippen LogP contribution in [0.15, 0.2) is 15.3 Å². The molecular formula is C12H12O4. The van der Waals surface area contributed by atoms with Gasteiger partial charge in [0.05, 0.1) is 5.56 Å². The molecule has 0 unspecified atom stereocenters. The zero-order valence-electron chi connectivity index (χ0n) is 8.99. The van der Waals surface area contributed by atoms with Gasteiger partial charge < -0.3 is 9.15 Å². The third kappa shape index (κ3) is 1.22. The van der Waals surface area contributed by atoms with Gasteiger partial charge >= 0.3 is 5.63 Å². The molecule has 0 radical (unpaired) electrons. The molecule has 16 heavy (non-hydrogen) atoms. The zero-order chi connectivity index (χ0) is 11.3. The van der Waals surface area contributed by atoms with E-state index in [1.54, 1.807) is 13.0 Å². The number of ether oxygens (including phenoxy) is 1. The predicted molar refractivity (Wildman–Crippen MR) is 55.7 cm³/mol. The molecule has 0 amide bonds. The molecule has 1 aromatic heterocycles. The van der Waals surface area contributed by atoms with Gasteiger partial charge in [-0.1, -0.05) is 0 Å². The van der Waals surface area contributed by atoms with Gasteiger partial charge in [-0.3, -0.25) is 4.79 Å². The lowest BCUT2D eigenvalue weighted by Gasteiger charge is -2.21. The average molecular weight is 220 g/mol. The highest BCUT2D eigenvalue weighted by atomic mass is 16.5. The average Bonchev–Trinajstić information content (AvgIpc) is 2.57. The summed E-state index contributed by atoms with van der Waals surface area (Å²) in [6, 6.07) is 1.70. The first kappa shape index (κ1) is 9.63. The Morgan fingerprint density at radius 3 is 3.00 bits per heavy atom. The number of Topliss-reactive ketones (excluding diaryl/α,β-unsaturated/α-hetero) is 1. The molecule has 0 spiro atoms. The summed E-state index contributed by atoms with van der Waals surface area (Å²) in [5, 5.41) is 0. The fraction of sp³-hybridized carbons (Fsp3) is 0.500. The summed E-state index contributed by atoms with van der Waals surface area (Å²) in [6.45, 7) is 1.70. The smallest absolute Gasteiger partial charge is 0.343 e. The summed E-state index contributed by atoms with van der Waals surface area (Å²) < 4.78 is 10.6. The minimum atomic E-state index is -0.451. The highest BCUT2D eigenvalue weighted by Gasteiger charge is 2.43. The van der Waals surface area contributed by atoms with Crippen molar-refractivity contribution >= 4 is 5.78 Å². The third-order valence-electron chi connectivity index (χ3n) is 3.32. The Morgan fingerprint density at radius 2 is 2.19 bits per heavy atom. The summed E-state index contributed by atoms with van der Waals surface area (Å²) in [5.74, 6) is 1.08. The van der Waals surface area contributed by atoms with Crippen molar-refractivity contribution in [1.82, 2.24) is 0 Å². The van der Waals surface area contributed by atoms with Crippen molar-refractivity contribution in [2.45, 2.75) is 38.2 Å². The molecule has 0 bridgehead atoms. The van der Waals surface area contributed by atoms with Gasteiger partial charge in [0.2, 0.25) is 0 Å². The van der Waals surface area contributed by atoms with Crippen molar-refractivity contribution < 1.29 is 13.9 Å². The van der Waals surface area contributed by atoms with Crippen LogP contribution < -0.4 is 10.4 Å². The fourth-order valence-corrected chi connectivity index (χ4v) is 2.62. The number of ketones is 1. The van der Waals surface area contributed by atoms with Crippen LogP contribution in [0.2, 0.25) is 0 Å². The van der Waals surface area contributed by atoms with Crippen molar-refractivity contribution in [2.75, 3.05) is 0 Å². The van der Waals surface area contributed by atoms with Gasteiger partial charge in [-0.2, -0.15) is 0 Å². The Kier molecular flexibility index (Phi) is 1.93. The first-order valence-corrected chi connectivity index (χ1v) is 5.51. The zero-order valence-corrected chi connectivity index (χ0v) is 8.99. The van der Waals surface area contributed by atoms with Crippen LogP contribution in [0.3, 0.4) is 0 Å². The number of carbonyl (C=O) groups is 1. The minimum absolute atomic E-state index is 0.0897. The molecule has 1 aromatic rings. The number of rotatable bonds is 0. The quantitative estimate of drug-likeness (QED) is 0.665. The molecule has 1 saturated carbocycles. The van der Waals surface area contributed by atoms with E-state index in [1.165, 1.54) is 0 Å². The number of fused-ring (bicyclic) bond motifs is 3. The summed E-state index contributed by atoms with van der Waals surface area (Å²) >= 11 is 0. The van der Waals surface area contributed by atoms with Crippen molar-refractivity contribution in [1.29, 1.82) is 0 Å². The van der Waals surface area contributed by atoms with E-state index in [4.69, 9.17) is 9.15 Å². The second-order valence-electron chi connectivity index (χ2n) is 4.43. The molecule has 4 nitrogen and oxygen atoms in total. The monoisotopic (exact) mass is 220 g/mol. The lowest BCUT2D eigenvalue weighted by Crippen LogP contribution is -2.33. The maximum absolute atomic E-state index is 11.7. The lowest BCUT2D eigenvalue weighted by atomic mass is 9.83. The van der Waals surface area contributed by atoms with Gasteiger partial charge in [0.15, 0.2) is 11.9 Å². The van der Waals surface area contributed by atoms with Crippen LogP contribution in [0, 0.1) is 6.92 Å².